The van der Waals surface area contributed by atoms with Crippen molar-refractivity contribution in [2.24, 2.45) is 11.3 Å². The van der Waals surface area contributed by atoms with Crippen LogP contribution < -0.4 is 5.32 Å². The third kappa shape index (κ3) is 4.02. The van der Waals surface area contributed by atoms with Crippen LogP contribution in [-0.2, 0) is 18.3 Å². The van der Waals surface area contributed by atoms with Gasteiger partial charge < -0.3 is 13.8 Å². The van der Waals surface area contributed by atoms with Crippen LogP contribution in [0.4, 0.5) is 0 Å². The van der Waals surface area contributed by atoms with Crippen LogP contribution in [0, 0.1) is 11.3 Å². The zero-order valence-corrected chi connectivity index (χ0v) is 13.8. The molecule has 1 rings (SSSR count). The summed E-state index contributed by atoms with van der Waals surface area (Å²) >= 11 is 0. The monoisotopic (exact) mass is 293 g/mol. The molecule has 19 heavy (non-hydrogen) atoms. The second kappa shape index (κ2) is 6.68. The van der Waals surface area contributed by atoms with Gasteiger partial charge >= 0.3 is 7.60 Å². The van der Waals surface area contributed by atoms with Crippen molar-refractivity contribution in [1.82, 2.24) is 5.32 Å². The molecule has 1 fully saturated rings. The standard InChI is InChI=1S/C13H28NO4P/c1-7-17-19(15,18-8-2)12-13(5,6)9-16-11(14-12)10(3)4/h10-12,14H,7-9H2,1-6H3. The minimum Gasteiger partial charge on any atom is -0.362 e. The molecule has 1 aliphatic heterocycles. The SMILES string of the molecule is CCOP(=O)(OCC)C1NC(C(C)C)OCC1(C)C. The van der Waals surface area contributed by atoms with Gasteiger partial charge in [0.05, 0.1) is 19.8 Å². The topological polar surface area (TPSA) is 56.8 Å². The summed E-state index contributed by atoms with van der Waals surface area (Å²) in [5, 5.41) is 3.32. The predicted molar refractivity (Wildman–Crippen MR) is 76.1 cm³/mol. The molecule has 2 atom stereocenters. The lowest BCUT2D eigenvalue weighted by atomic mass is 9.92. The van der Waals surface area contributed by atoms with Crippen LogP contribution in [-0.4, -0.2) is 31.8 Å². The lowest BCUT2D eigenvalue weighted by Gasteiger charge is -2.45. The minimum atomic E-state index is -3.18. The Morgan fingerprint density at radius 1 is 1.32 bits per heavy atom. The van der Waals surface area contributed by atoms with Gasteiger partial charge in [0, 0.05) is 5.41 Å². The summed E-state index contributed by atoms with van der Waals surface area (Å²) in [6.45, 7) is 13.1. The first-order valence-electron chi connectivity index (χ1n) is 7.03. The van der Waals surface area contributed by atoms with Gasteiger partial charge in [0.1, 0.15) is 12.0 Å². The zero-order valence-electron chi connectivity index (χ0n) is 12.9. The van der Waals surface area contributed by atoms with Crippen molar-refractivity contribution in [3.05, 3.63) is 0 Å². The van der Waals surface area contributed by atoms with Crippen molar-refractivity contribution in [2.45, 2.75) is 53.6 Å². The van der Waals surface area contributed by atoms with Crippen LogP contribution in [0.2, 0.25) is 0 Å². The Labute approximate surface area is 116 Å². The van der Waals surface area contributed by atoms with Gasteiger partial charge in [-0.25, -0.2) is 0 Å². The number of hydrogen-bond donors (Lipinski definition) is 1. The molecular formula is C13H28NO4P. The van der Waals surface area contributed by atoms with Gasteiger partial charge in [0.15, 0.2) is 0 Å². The quantitative estimate of drug-likeness (QED) is 0.762. The van der Waals surface area contributed by atoms with Crippen molar-refractivity contribution >= 4 is 7.60 Å². The predicted octanol–water partition coefficient (Wildman–Crippen LogP) is 3.21. The molecule has 0 saturated carbocycles. The van der Waals surface area contributed by atoms with E-state index in [2.05, 4.69) is 19.2 Å². The Bertz CT molecular complexity index is 323. The third-order valence-electron chi connectivity index (χ3n) is 3.24. The molecule has 2 unspecified atom stereocenters. The average Bonchev–Trinajstić information content (AvgIpc) is 2.28. The molecule has 0 aromatic carbocycles. The van der Waals surface area contributed by atoms with E-state index >= 15 is 0 Å². The zero-order chi connectivity index (χ0) is 14.7. The van der Waals surface area contributed by atoms with Gasteiger partial charge in [-0.1, -0.05) is 27.7 Å². The second-order valence-corrected chi connectivity index (χ2v) is 8.02. The van der Waals surface area contributed by atoms with Crippen LogP contribution in [0.25, 0.3) is 0 Å². The van der Waals surface area contributed by atoms with E-state index in [1.807, 2.05) is 27.7 Å². The highest BCUT2D eigenvalue weighted by atomic mass is 31.2. The number of hydrogen-bond acceptors (Lipinski definition) is 5. The van der Waals surface area contributed by atoms with Crippen LogP contribution >= 0.6 is 7.60 Å². The summed E-state index contributed by atoms with van der Waals surface area (Å²) in [6, 6.07) is 0. The van der Waals surface area contributed by atoms with Crippen LogP contribution in [0.1, 0.15) is 41.5 Å². The molecule has 0 aromatic heterocycles. The minimum absolute atomic E-state index is 0.118. The molecule has 0 bridgehead atoms. The summed E-state index contributed by atoms with van der Waals surface area (Å²) in [6.07, 6.45) is -0.118. The smallest absolute Gasteiger partial charge is 0.348 e. The highest BCUT2D eigenvalue weighted by Gasteiger charge is 2.50. The molecule has 1 saturated heterocycles. The molecule has 6 heteroatoms. The normalized spacial score (nSPS) is 27.7. The maximum Gasteiger partial charge on any atom is 0.348 e. The molecular weight excluding hydrogens is 265 g/mol. The summed E-state index contributed by atoms with van der Waals surface area (Å²) in [4.78, 5) is 0. The van der Waals surface area contributed by atoms with Gasteiger partial charge in [-0.05, 0) is 19.8 Å². The Morgan fingerprint density at radius 3 is 2.26 bits per heavy atom. The van der Waals surface area contributed by atoms with E-state index in [4.69, 9.17) is 13.8 Å². The van der Waals surface area contributed by atoms with E-state index in [0.717, 1.165) is 0 Å². The van der Waals surface area contributed by atoms with E-state index in [1.54, 1.807) is 0 Å². The van der Waals surface area contributed by atoms with Gasteiger partial charge in [-0.3, -0.25) is 9.88 Å². The number of ether oxygens (including phenoxy) is 1. The molecule has 1 heterocycles. The lowest BCUT2D eigenvalue weighted by molar-refractivity contribution is -0.0921. The van der Waals surface area contributed by atoms with Gasteiger partial charge in [0.2, 0.25) is 0 Å². The van der Waals surface area contributed by atoms with E-state index < -0.39 is 7.60 Å². The van der Waals surface area contributed by atoms with Crippen molar-refractivity contribution in [3.8, 4) is 0 Å². The molecule has 0 aliphatic carbocycles. The highest BCUT2D eigenvalue weighted by Crippen LogP contribution is 2.58. The largest absolute Gasteiger partial charge is 0.362 e. The van der Waals surface area contributed by atoms with Gasteiger partial charge in [-0.15, -0.1) is 0 Å². The van der Waals surface area contributed by atoms with E-state index in [-0.39, 0.29) is 17.4 Å². The number of nitrogens with one attached hydrogen (secondary N) is 1. The average molecular weight is 293 g/mol. The first kappa shape index (κ1) is 17.1. The van der Waals surface area contributed by atoms with Crippen LogP contribution in [0.15, 0.2) is 0 Å². The van der Waals surface area contributed by atoms with Crippen LogP contribution in [0.3, 0.4) is 0 Å². The van der Waals surface area contributed by atoms with Gasteiger partial charge in [-0.2, -0.15) is 0 Å². The summed E-state index contributed by atoms with van der Waals surface area (Å²) < 4.78 is 29.8. The second-order valence-electron chi connectivity index (χ2n) is 5.91. The molecule has 1 N–H and O–H groups in total. The van der Waals surface area contributed by atoms with Crippen molar-refractivity contribution in [3.63, 3.8) is 0 Å². The molecule has 114 valence electrons. The van der Waals surface area contributed by atoms with E-state index in [9.17, 15) is 4.57 Å². The molecule has 0 aromatic rings. The molecule has 0 radical (unpaired) electrons. The van der Waals surface area contributed by atoms with E-state index in [0.29, 0.717) is 25.7 Å². The Hall–Kier alpha value is 0.0700. The fourth-order valence-electron chi connectivity index (χ4n) is 2.26. The first-order chi connectivity index (χ1) is 8.77. The Balaban J connectivity index is 2.98. The van der Waals surface area contributed by atoms with E-state index in [1.165, 1.54) is 0 Å². The summed E-state index contributed by atoms with van der Waals surface area (Å²) in [7, 11) is -3.18. The van der Waals surface area contributed by atoms with Gasteiger partial charge in [0.25, 0.3) is 0 Å². The van der Waals surface area contributed by atoms with Crippen molar-refractivity contribution < 1.29 is 18.3 Å². The Morgan fingerprint density at radius 2 is 1.84 bits per heavy atom. The van der Waals surface area contributed by atoms with Crippen molar-refractivity contribution in [2.75, 3.05) is 19.8 Å². The molecule has 1 aliphatic rings. The van der Waals surface area contributed by atoms with Crippen LogP contribution in [0.5, 0.6) is 0 Å². The number of rotatable bonds is 6. The highest BCUT2D eigenvalue weighted by molar-refractivity contribution is 7.54. The molecule has 0 amide bonds. The Kier molecular flexibility index (Phi) is 6.02. The summed E-state index contributed by atoms with van der Waals surface area (Å²) in [5.41, 5.74) is -0.300. The fourth-order valence-corrected chi connectivity index (χ4v) is 4.62. The first-order valence-corrected chi connectivity index (χ1v) is 8.64. The van der Waals surface area contributed by atoms with Crippen molar-refractivity contribution in [1.29, 1.82) is 0 Å². The summed E-state index contributed by atoms with van der Waals surface area (Å²) in [5.74, 6) is -0.0450. The molecule has 0 spiro atoms. The maximum absolute atomic E-state index is 13.0. The molecule has 5 nitrogen and oxygen atoms in total. The third-order valence-corrected chi connectivity index (χ3v) is 5.95. The lowest BCUT2D eigenvalue weighted by Crippen LogP contribution is -2.57. The fraction of sp³-hybridized carbons (Fsp3) is 1.00. The maximum atomic E-state index is 13.0.